The molecule has 2 unspecified atom stereocenters. The SMILES string of the molecule is CCNC(=NCC(C)(O)c1ccsc1)NCC(C)N1CCN(c2ccccc2)CC1.I. The second-order valence-corrected chi connectivity index (χ2v) is 8.85. The number of thiophene rings is 1. The molecule has 1 aliphatic rings. The highest BCUT2D eigenvalue weighted by molar-refractivity contribution is 14.0. The van der Waals surface area contributed by atoms with Crippen LogP contribution in [0.5, 0.6) is 0 Å². The number of piperazine rings is 1. The number of aliphatic hydroxyl groups is 1. The molecule has 6 nitrogen and oxygen atoms in total. The molecule has 0 radical (unpaired) electrons. The molecular formula is C23H36IN5OS. The molecule has 2 aromatic rings. The maximum absolute atomic E-state index is 10.7. The highest BCUT2D eigenvalue weighted by atomic mass is 127. The fourth-order valence-corrected chi connectivity index (χ4v) is 4.45. The number of benzene rings is 1. The third kappa shape index (κ3) is 7.62. The first-order chi connectivity index (χ1) is 14.5. The van der Waals surface area contributed by atoms with Crippen molar-refractivity contribution < 1.29 is 5.11 Å². The van der Waals surface area contributed by atoms with E-state index < -0.39 is 5.60 Å². The zero-order chi connectivity index (χ0) is 21.4. The van der Waals surface area contributed by atoms with Crippen LogP contribution in [0.3, 0.4) is 0 Å². The highest BCUT2D eigenvalue weighted by Gasteiger charge is 2.24. The lowest BCUT2D eigenvalue weighted by molar-refractivity contribution is 0.0677. The van der Waals surface area contributed by atoms with Crippen molar-refractivity contribution >= 4 is 47.0 Å². The largest absolute Gasteiger partial charge is 0.383 e. The number of anilines is 1. The number of hydrogen-bond acceptors (Lipinski definition) is 5. The zero-order valence-corrected chi connectivity index (χ0v) is 21.9. The molecule has 0 saturated carbocycles. The number of hydrogen-bond donors (Lipinski definition) is 3. The van der Waals surface area contributed by atoms with Gasteiger partial charge in [-0.2, -0.15) is 11.3 Å². The average molecular weight is 558 g/mol. The Bertz CT molecular complexity index is 777. The van der Waals surface area contributed by atoms with Crippen LogP contribution >= 0.6 is 35.3 Å². The third-order valence-electron chi connectivity index (χ3n) is 5.66. The summed E-state index contributed by atoms with van der Waals surface area (Å²) in [5.41, 5.74) is 1.26. The molecule has 1 aromatic heterocycles. The standard InChI is InChI=1S/C23H35N5OS.HI/c1-4-24-22(26-18-23(3,29)20-10-15-30-17-20)25-16-19(2)27-11-13-28(14-12-27)21-8-6-5-7-9-21;/h5-10,15,17,19,29H,4,11-14,16,18H2,1-3H3,(H2,24,25,26);1H. The van der Waals surface area contributed by atoms with Crippen molar-refractivity contribution in [2.24, 2.45) is 4.99 Å². The number of nitrogens with one attached hydrogen (secondary N) is 2. The Labute approximate surface area is 207 Å². The van der Waals surface area contributed by atoms with Crippen LogP contribution < -0.4 is 15.5 Å². The summed E-state index contributed by atoms with van der Waals surface area (Å²) >= 11 is 1.59. The maximum atomic E-state index is 10.7. The second kappa shape index (κ2) is 12.6. The Morgan fingerprint density at radius 1 is 1.16 bits per heavy atom. The normalized spacial score (nSPS) is 18.1. The lowest BCUT2D eigenvalue weighted by atomic mass is 10.00. The molecule has 1 saturated heterocycles. The number of nitrogens with zero attached hydrogens (tertiary/aromatic N) is 3. The number of rotatable bonds is 8. The topological polar surface area (TPSA) is 63.1 Å². The minimum absolute atomic E-state index is 0. The Morgan fingerprint density at radius 2 is 1.87 bits per heavy atom. The van der Waals surface area contributed by atoms with Crippen LogP contribution in [0.1, 0.15) is 26.3 Å². The minimum atomic E-state index is -0.957. The zero-order valence-electron chi connectivity index (χ0n) is 18.8. The molecule has 1 aromatic carbocycles. The summed E-state index contributed by atoms with van der Waals surface area (Å²) in [5, 5.41) is 21.4. The molecule has 0 spiro atoms. The van der Waals surface area contributed by atoms with Crippen LogP contribution in [0.4, 0.5) is 5.69 Å². The highest BCUT2D eigenvalue weighted by Crippen LogP contribution is 2.23. The maximum Gasteiger partial charge on any atom is 0.191 e. The summed E-state index contributed by atoms with van der Waals surface area (Å²) < 4.78 is 0. The average Bonchev–Trinajstić information content (AvgIpc) is 3.32. The molecule has 8 heteroatoms. The van der Waals surface area contributed by atoms with E-state index in [1.807, 2.05) is 23.8 Å². The minimum Gasteiger partial charge on any atom is -0.383 e. The van der Waals surface area contributed by atoms with E-state index in [1.165, 1.54) is 5.69 Å². The lowest BCUT2D eigenvalue weighted by Crippen LogP contribution is -2.53. The van der Waals surface area contributed by atoms with Crippen molar-refractivity contribution in [3.05, 3.63) is 52.7 Å². The Kier molecular flexibility index (Phi) is 10.5. The van der Waals surface area contributed by atoms with Gasteiger partial charge in [-0.3, -0.25) is 4.90 Å². The van der Waals surface area contributed by atoms with E-state index in [1.54, 1.807) is 11.3 Å². The van der Waals surface area contributed by atoms with Gasteiger partial charge in [0.1, 0.15) is 5.60 Å². The van der Waals surface area contributed by atoms with Crippen molar-refractivity contribution in [1.29, 1.82) is 0 Å². The van der Waals surface area contributed by atoms with E-state index in [2.05, 4.69) is 69.6 Å². The van der Waals surface area contributed by atoms with Crippen LogP contribution in [0, 0.1) is 0 Å². The predicted molar refractivity (Wildman–Crippen MR) is 143 cm³/mol. The Balaban J connectivity index is 0.00000341. The second-order valence-electron chi connectivity index (χ2n) is 8.07. The van der Waals surface area contributed by atoms with Crippen molar-refractivity contribution in [2.75, 3.05) is 50.7 Å². The van der Waals surface area contributed by atoms with Crippen LogP contribution in [0.15, 0.2) is 52.2 Å². The summed E-state index contributed by atoms with van der Waals surface area (Å²) in [6.45, 7) is 12.3. The summed E-state index contributed by atoms with van der Waals surface area (Å²) in [7, 11) is 0. The molecule has 31 heavy (non-hydrogen) atoms. The quantitative estimate of drug-likeness (QED) is 0.264. The van der Waals surface area contributed by atoms with Crippen LogP contribution in [0.25, 0.3) is 0 Å². The van der Waals surface area contributed by atoms with E-state index in [0.29, 0.717) is 12.6 Å². The van der Waals surface area contributed by atoms with Crippen LogP contribution in [0.2, 0.25) is 0 Å². The van der Waals surface area contributed by atoms with Gasteiger partial charge < -0.3 is 20.6 Å². The van der Waals surface area contributed by atoms with Gasteiger partial charge >= 0.3 is 0 Å². The van der Waals surface area contributed by atoms with Crippen molar-refractivity contribution in [3.63, 3.8) is 0 Å². The van der Waals surface area contributed by atoms with Gasteiger partial charge in [0.05, 0.1) is 6.54 Å². The number of aliphatic imine (C=N–C) groups is 1. The molecule has 0 amide bonds. The molecule has 172 valence electrons. The summed E-state index contributed by atoms with van der Waals surface area (Å²) in [5.74, 6) is 0.753. The van der Waals surface area contributed by atoms with Gasteiger partial charge in [-0.25, -0.2) is 4.99 Å². The van der Waals surface area contributed by atoms with Crippen LogP contribution in [-0.4, -0.2) is 67.8 Å². The first-order valence-corrected chi connectivity index (χ1v) is 11.7. The molecular weight excluding hydrogens is 521 g/mol. The number of guanidine groups is 1. The molecule has 3 rings (SSSR count). The fourth-order valence-electron chi connectivity index (χ4n) is 3.67. The Morgan fingerprint density at radius 3 is 2.48 bits per heavy atom. The fraction of sp³-hybridized carbons (Fsp3) is 0.522. The van der Waals surface area contributed by atoms with Gasteiger partial charge in [-0.05, 0) is 55.3 Å². The van der Waals surface area contributed by atoms with Crippen molar-refractivity contribution in [3.8, 4) is 0 Å². The van der Waals surface area contributed by atoms with E-state index in [0.717, 1.165) is 50.8 Å². The number of halogens is 1. The van der Waals surface area contributed by atoms with Gasteiger partial charge in [0.2, 0.25) is 0 Å². The monoisotopic (exact) mass is 557 g/mol. The predicted octanol–water partition coefficient (Wildman–Crippen LogP) is 3.34. The molecule has 0 bridgehead atoms. The first kappa shape index (κ1) is 25.9. The van der Waals surface area contributed by atoms with Crippen molar-refractivity contribution in [2.45, 2.75) is 32.4 Å². The molecule has 2 heterocycles. The molecule has 2 atom stereocenters. The van der Waals surface area contributed by atoms with E-state index in [-0.39, 0.29) is 24.0 Å². The van der Waals surface area contributed by atoms with Gasteiger partial charge in [0, 0.05) is 51.0 Å². The first-order valence-electron chi connectivity index (χ1n) is 10.8. The summed E-state index contributed by atoms with van der Waals surface area (Å²) in [4.78, 5) is 9.61. The summed E-state index contributed by atoms with van der Waals surface area (Å²) in [6, 6.07) is 13.0. The summed E-state index contributed by atoms with van der Waals surface area (Å²) in [6.07, 6.45) is 0. The molecule has 0 aliphatic carbocycles. The smallest absolute Gasteiger partial charge is 0.191 e. The third-order valence-corrected chi connectivity index (χ3v) is 6.34. The van der Waals surface area contributed by atoms with Gasteiger partial charge in [-0.1, -0.05) is 18.2 Å². The van der Waals surface area contributed by atoms with Gasteiger partial charge in [0.25, 0.3) is 0 Å². The van der Waals surface area contributed by atoms with E-state index >= 15 is 0 Å². The van der Waals surface area contributed by atoms with Gasteiger partial charge in [-0.15, -0.1) is 24.0 Å². The molecule has 1 aliphatic heterocycles. The number of para-hydroxylation sites is 1. The van der Waals surface area contributed by atoms with Crippen molar-refractivity contribution in [1.82, 2.24) is 15.5 Å². The lowest BCUT2D eigenvalue weighted by Gasteiger charge is -2.39. The van der Waals surface area contributed by atoms with E-state index in [4.69, 9.17) is 0 Å². The van der Waals surface area contributed by atoms with Crippen LogP contribution in [-0.2, 0) is 5.60 Å². The molecule has 1 fully saturated rings. The van der Waals surface area contributed by atoms with E-state index in [9.17, 15) is 5.11 Å². The Hall–Kier alpha value is -1.36. The van der Waals surface area contributed by atoms with Gasteiger partial charge in [0.15, 0.2) is 5.96 Å². The molecule has 3 N–H and O–H groups in total.